The van der Waals surface area contributed by atoms with E-state index in [1.54, 1.807) is 18.3 Å². The van der Waals surface area contributed by atoms with Crippen molar-refractivity contribution in [2.45, 2.75) is 6.92 Å². The number of nitrogens with one attached hydrogen (secondary N) is 1. The van der Waals surface area contributed by atoms with Crippen LogP contribution in [0.25, 0.3) is 16.9 Å². The van der Waals surface area contributed by atoms with E-state index in [0.29, 0.717) is 24.5 Å². The number of ether oxygens (including phenoxy) is 2. The van der Waals surface area contributed by atoms with Gasteiger partial charge in [-0.1, -0.05) is 30.3 Å². The molecule has 4 aromatic rings. The summed E-state index contributed by atoms with van der Waals surface area (Å²) in [5, 5.41) is 4.08. The molecule has 1 aliphatic rings. The maximum atomic E-state index is 12.5. The van der Waals surface area contributed by atoms with Crippen LogP contribution in [0.2, 0.25) is 0 Å². The SMILES string of the molecule is Cc1ccc(-c2ccccc2)n1-c1ccc(C(=O)N/N=C/c2ccc3c(c2)OCCO3)cc1. The molecule has 0 atom stereocenters. The van der Waals surface area contributed by atoms with Crippen molar-refractivity contribution in [2.24, 2.45) is 5.10 Å². The van der Waals surface area contributed by atoms with E-state index in [2.05, 4.69) is 46.3 Å². The molecule has 6 nitrogen and oxygen atoms in total. The number of fused-ring (bicyclic) bond motifs is 1. The lowest BCUT2D eigenvalue weighted by Gasteiger charge is -2.18. The molecule has 0 saturated heterocycles. The lowest BCUT2D eigenvalue weighted by atomic mass is 10.1. The van der Waals surface area contributed by atoms with Gasteiger partial charge in [-0.05, 0) is 72.6 Å². The third-order valence-corrected chi connectivity index (χ3v) is 5.48. The number of benzene rings is 3. The second-order valence-electron chi connectivity index (χ2n) is 7.71. The summed E-state index contributed by atoms with van der Waals surface area (Å²) in [5.41, 5.74) is 8.28. The first-order valence-corrected chi connectivity index (χ1v) is 10.8. The monoisotopic (exact) mass is 437 g/mol. The van der Waals surface area contributed by atoms with E-state index >= 15 is 0 Å². The van der Waals surface area contributed by atoms with Gasteiger partial charge in [-0.3, -0.25) is 4.79 Å². The van der Waals surface area contributed by atoms with Crippen LogP contribution in [0.3, 0.4) is 0 Å². The standard InChI is InChI=1S/C27H23N3O3/c1-19-7-13-24(21-5-3-2-4-6-21)30(19)23-11-9-22(10-12-23)27(31)29-28-18-20-8-14-25-26(17-20)33-16-15-32-25/h2-14,17-18H,15-16H2,1H3,(H,29,31)/b28-18+. The topological polar surface area (TPSA) is 64.9 Å². The van der Waals surface area contributed by atoms with Gasteiger partial charge in [0.15, 0.2) is 11.5 Å². The molecule has 0 fully saturated rings. The molecule has 3 aromatic carbocycles. The zero-order valence-corrected chi connectivity index (χ0v) is 18.2. The summed E-state index contributed by atoms with van der Waals surface area (Å²) in [6, 6.07) is 27.5. The average Bonchev–Trinajstić information content (AvgIpc) is 3.26. The zero-order valence-electron chi connectivity index (χ0n) is 18.2. The minimum absolute atomic E-state index is 0.275. The Bertz CT molecular complexity index is 1310. The Hall–Kier alpha value is -4.32. The van der Waals surface area contributed by atoms with Crippen LogP contribution >= 0.6 is 0 Å². The van der Waals surface area contributed by atoms with E-state index in [1.165, 1.54) is 0 Å². The van der Waals surface area contributed by atoms with Crippen LogP contribution in [-0.2, 0) is 0 Å². The van der Waals surface area contributed by atoms with Gasteiger partial charge in [0, 0.05) is 16.9 Å². The van der Waals surface area contributed by atoms with Crippen molar-refractivity contribution in [1.82, 2.24) is 9.99 Å². The Labute approximate surface area is 192 Å². The largest absolute Gasteiger partial charge is 0.486 e. The number of carbonyl (C=O) groups excluding carboxylic acids is 1. The van der Waals surface area contributed by atoms with Crippen LogP contribution in [0.4, 0.5) is 0 Å². The normalized spacial score (nSPS) is 12.6. The van der Waals surface area contributed by atoms with Crippen molar-refractivity contribution < 1.29 is 14.3 Å². The van der Waals surface area contributed by atoms with E-state index in [1.807, 2.05) is 48.5 Å². The average molecular weight is 437 g/mol. The minimum atomic E-state index is -0.275. The lowest BCUT2D eigenvalue weighted by molar-refractivity contribution is 0.0955. The fourth-order valence-corrected chi connectivity index (χ4v) is 3.85. The first-order chi connectivity index (χ1) is 16.2. The lowest BCUT2D eigenvalue weighted by Crippen LogP contribution is -2.18. The van der Waals surface area contributed by atoms with Gasteiger partial charge in [0.25, 0.3) is 5.91 Å². The molecule has 0 unspecified atom stereocenters. The Kier molecular flexibility index (Phi) is 5.64. The molecule has 0 bridgehead atoms. The van der Waals surface area contributed by atoms with Crippen LogP contribution < -0.4 is 14.9 Å². The van der Waals surface area contributed by atoms with Crippen molar-refractivity contribution >= 4 is 12.1 Å². The van der Waals surface area contributed by atoms with Gasteiger partial charge in [-0.2, -0.15) is 5.10 Å². The highest BCUT2D eigenvalue weighted by molar-refractivity contribution is 5.95. The summed E-state index contributed by atoms with van der Waals surface area (Å²) in [6.45, 7) is 3.14. The summed E-state index contributed by atoms with van der Waals surface area (Å²) >= 11 is 0. The molecule has 0 saturated carbocycles. The number of nitrogens with zero attached hydrogens (tertiary/aromatic N) is 2. The highest BCUT2D eigenvalue weighted by atomic mass is 16.6. The first kappa shape index (κ1) is 20.6. The van der Waals surface area contributed by atoms with Gasteiger partial charge < -0.3 is 14.0 Å². The quantitative estimate of drug-likeness (QED) is 0.353. The molecule has 0 spiro atoms. The summed E-state index contributed by atoms with van der Waals surface area (Å²) < 4.78 is 13.3. The molecule has 0 radical (unpaired) electrons. The second kappa shape index (κ2) is 9.04. The van der Waals surface area contributed by atoms with Crippen molar-refractivity contribution in [3.8, 4) is 28.4 Å². The maximum Gasteiger partial charge on any atom is 0.271 e. The summed E-state index contributed by atoms with van der Waals surface area (Å²) in [5.74, 6) is 1.13. The molecule has 6 heteroatoms. The van der Waals surface area contributed by atoms with Gasteiger partial charge in [0.2, 0.25) is 0 Å². The molecule has 1 N–H and O–H groups in total. The van der Waals surface area contributed by atoms with Gasteiger partial charge in [-0.15, -0.1) is 0 Å². The van der Waals surface area contributed by atoms with Crippen LogP contribution in [0, 0.1) is 6.92 Å². The summed E-state index contributed by atoms with van der Waals surface area (Å²) in [4.78, 5) is 12.5. The van der Waals surface area contributed by atoms with Crippen molar-refractivity contribution in [3.63, 3.8) is 0 Å². The Morgan fingerprint density at radius 1 is 0.909 bits per heavy atom. The van der Waals surface area contributed by atoms with Crippen molar-refractivity contribution in [2.75, 3.05) is 13.2 Å². The predicted molar refractivity (Wildman–Crippen MR) is 128 cm³/mol. The van der Waals surface area contributed by atoms with E-state index in [9.17, 15) is 4.79 Å². The third kappa shape index (κ3) is 4.36. The van der Waals surface area contributed by atoms with Gasteiger partial charge >= 0.3 is 0 Å². The number of rotatable bonds is 5. The Morgan fingerprint density at radius 3 is 2.45 bits per heavy atom. The Balaban J connectivity index is 1.29. The molecule has 0 aliphatic carbocycles. The molecular formula is C27H23N3O3. The predicted octanol–water partition coefficient (Wildman–Crippen LogP) is 4.99. The van der Waals surface area contributed by atoms with Crippen molar-refractivity contribution in [3.05, 3.63) is 102 Å². The minimum Gasteiger partial charge on any atom is -0.486 e. The number of amides is 1. The summed E-state index contributed by atoms with van der Waals surface area (Å²) in [6.07, 6.45) is 1.58. The van der Waals surface area contributed by atoms with Crippen LogP contribution in [-0.4, -0.2) is 29.9 Å². The molecule has 164 valence electrons. The zero-order chi connectivity index (χ0) is 22.6. The summed E-state index contributed by atoms with van der Waals surface area (Å²) in [7, 11) is 0. The number of hydrazone groups is 1. The molecule has 1 amide bonds. The number of aromatic nitrogens is 1. The van der Waals surface area contributed by atoms with E-state index in [0.717, 1.165) is 34.0 Å². The number of aryl methyl sites for hydroxylation is 1. The molecule has 5 rings (SSSR count). The van der Waals surface area contributed by atoms with E-state index < -0.39 is 0 Å². The van der Waals surface area contributed by atoms with E-state index in [4.69, 9.17) is 9.47 Å². The van der Waals surface area contributed by atoms with Crippen LogP contribution in [0.5, 0.6) is 11.5 Å². The highest BCUT2D eigenvalue weighted by Gasteiger charge is 2.12. The fourth-order valence-electron chi connectivity index (χ4n) is 3.85. The molecule has 33 heavy (non-hydrogen) atoms. The molecule has 2 heterocycles. The molecular weight excluding hydrogens is 414 g/mol. The Morgan fingerprint density at radius 2 is 1.67 bits per heavy atom. The number of hydrogen-bond acceptors (Lipinski definition) is 4. The maximum absolute atomic E-state index is 12.5. The van der Waals surface area contributed by atoms with Gasteiger partial charge in [-0.25, -0.2) is 5.43 Å². The second-order valence-corrected chi connectivity index (χ2v) is 7.71. The molecule has 1 aliphatic heterocycles. The highest BCUT2D eigenvalue weighted by Crippen LogP contribution is 2.30. The van der Waals surface area contributed by atoms with Crippen LogP contribution in [0.15, 0.2) is 90.0 Å². The molecule has 1 aromatic heterocycles. The van der Waals surface area contributed by atoms with Crippen LogP contribution in [0.1, 0.15) is 21.6 Å². The fraction of sp³-hybridized carbons (Fsp3) is 0.111. The van der Waals surface area contributed by atoms with E-state index in [-0.39, 0.29) is 5.91 Å². The number of carbonyl (C=O) groups is 1. The van der Waals surface area contributed by atoms with Gasteiger partial charge in [0.1, 0.15) is 13.2 Å². The van der Waals surface area contributed by atoms with Crippen molar-refractivity contribution in [1.29, 1.82) is 0 Å². The smallest absolute Gasteiger partial charge is 0.271 e. The number of hydrogen-bond donors (Lipinski definition) is 1. The first-order valence-electron chi connectivity index (χ1n) is 10.8. The van der Waals surface area contributed by atoms with Gasteiger partial charge in [0.05, 0.1) is 11.9 Å². The third-order valence-electron chi connectivity index (χ3n) is 5.48.